The fraction of sp³-hybridized carbons (Fsp3) is 0. The molecule has 1 aromatic rings. The first-order chi connectivity index (χ1) is 4.83. The molecule has 1 rings (SSSR count). The Morgan fingerprint density at radius 1 is 1.50 bits per heavy atom. The minimum absolute atomic E-state index is 0.466. The van der Waals surface area contributed by atoms with E-state index < -0.39 is 21.2 Å². The van der Waals surface area contributed by atoms with E-state index in [1.807, 2.05) is 24.3 Å². The van der Waals surface area contributed by atoms with Crippen LogP contribution in [-0.2, 0) is 0 Å². The zero-order valence-corrected chi connectivity index (χ0v) is 7.93. The molecule has 0 amide bonds. The largest absolute Gasteiger partial charge is 0.449 e. The lowest BCUT2D eigenvalue weighted by Gasteiger charge is -1.82. The van der Waals surface area contributed by atoms with Crippen LogP contribution in [0, 0.1) is 12.9 Å². The van der Waals surface area contributed by atoms with Crippen molar-refractivity contribution in [3.8, 4) is 4.08 Å². The van der Waals surface area contributed by atoms with Crippen LogP contribution in [-0.4, -0.2) is 0 Å². The van der Waals surface area contributed by atoms with Crippen molar-refractivity contribution in [2.75, 3.05) is 0 Å². The average molecular weight is 264 g/mol. The van der Waals surface area contributed by atoms with Gasteiger partial charge in [-0.15, -0.1) is 5.26 Å². The maximum absolute atomic E-state index is 8.37. The highest BCUT2D eigenvalue weighted by Gasteiger charge is 2.09. The predicted octanol–water partition coefficient (Wildman–Crippen LogP) is -0.920. The van der Waals surface area contributed by atoms with E-state index in [-0.39, 0.29) is 0 Å². The van der Waals surface area contributed by atoms with E-state index in [4.69, 9.17) is 16.9 Å². The van der Waals surface area contributed by atoms with Gasteiger partial charge in [0, 0.05) is 11.1 Å². The van der Waals surface area contributed by atoms with Crippen molar-refractivity contribution in [2.45, 2.75) is 0 Å². The zero-order valence-electron chi connectivity index (χ0n) is 5.01. The molecule has 0 atom stereocenters. The van der Waals surface area contributed by atoms with Crippen molar-refractivity contribution < 1.29 is 21.2 Å². The Bertz CT molecular complexity index is 267. The van der Waals surface area contributed by atoms with Crippen molar-refractivity contribution in [1.29, 1.82) is 5.26 Å². The fourth-order valence-corrected chi connectivity index (χ4v) is 2.10. The highest BCUT2D eigenvalue weighted by atomic mass is 127. The normalized spacial score (nSPS) is 8.80. The molecule has 0 saturated heterocycles. The minimum Gasteiger partial charge on any atom is -0.139 e. The molecule has 0 spiro atoms. The monoisotopic (exact) mass is 264 g/mol. The first kappa shape index (κ1) is 7.83. The Hall–Kier alpha value is -0.270. The molecule has 0 aliphatic carbocycles. The molecule has 1 nitrogen and oxygen atoms in total. The number of hydrogen-bond donors (Lipinski definition) is 0. The molecule has 50 valence electrons. The smallest absolute Gasteiger partial charge is 0.139 e. The number of nitrogens with zero attached hydrogens (tertiary/aromatic N) is 1. The van der Waals surface area contributed by atoms with E-state index in [2.05, 4.69) is 4.08 Å². The Labute approximate surface area is 74.9 Å². The summed E-state index contributed by atoms with van der Waals surface area (Å²) >= 11 is 5.22. The molecular formula is C7H4ClIN+. The maximum Gasteiger partial charge on any atom is 0.449 e. The second-order valence-corrected chi connectivity index (χ2v) is 4.32. The molecule has 0 bridgehead atoms. The molecule has 0 aliphatic rings. The Morgan fingerprint density at radius 2 is 2.30 bits per heavy atom. The first-order valence-corrected chi connectivity index (χ1v) is 5.15. The number of nitriles is 1. The molecule has 1 aromatic carbocycles. The number of benzene rings is 1. The molecule has 0 fully saturated rings. The number of hydrogen-bond acceptors (Lipinski definition) is 1. The lowest BCUT2D eigenvalue weighted by atomic mass is 10.4. The van der Waals surface area contributed by atoms with Gasteiger partial charge in [0.05, 0.1) is 0 Å². The van der Waals surface area contributed by atoms with Crippen molar-refractivity contribution in [3.63, 3.8) is 0 Å². The van der Waals surface area contributed by atoms with Crippen LogP contribution < -0.4 is 21.2 Å². The second kappa shape index (κ2) is 3.79. The van der Waals surface area contributed by atoms with E-state index in [0.717, 1.165) is 3.57 Å². The summed E-state index contributed by atoms with van der Waals surface area (Å²) in [4.78, 5) is 0. The SMILES string of the molecule is N#C[I+]c1cccc(Cl)c1. The molecule has 10 heavy (non-hydrogen) atoms. The Kier molecular flexibility index (Phi) is 2.97. The van der Waals surface area contributed by atoms with Crippen LogP contribution in [0.3, 0.4) is 0 Å². The van der Waals surface area contributed by atoms with Gasteiger partial charge in [-0.05, 0) is 12.1 Å². The van der Waals surface area contributed by atoms with Gasteiger partial charge >= 0.3 is 25.3 Å². The van der Waals surface area contributed by atoms with E-state index in [1.54, 1.807) is 0 Å². The topological polar surface area (TPSA) is 23.8 Å². The van der Waals surface area contributed by atoms with Gasteiger partial charge in [-0.3, -0.25) is 0 Å². The van der Waals surface area contributed by atoms with Crippen LogP contribution in [0.2, 0.25) is 5.02 Å². The van der Waals surface area contributed by atoms with E-state index in [0.29, 0.717) is 5.02 Å². The highest BCUT2D eigenvalue weighted by molar-refractivity contribution is 6.30. The fourth-order valence-electron chi connectivity index (χ4n) is 0.567. The molecule has 0 heterocycles. The van der Waals surface area contributed by atoms with Crippen LogP contribution in [0.25, 0.3) is 0 Å². The molecule has 0 N–H and O–H groups in total. The van der Waals surface area contributed by atoms with E-state index in [1.165, 1.54) is 0 Å². The van der Waals surface area contributed by atoms with Crippen molar-refractivity contribution in [1.82, 2.24) is 0 Å². The van der Waals surface area contributed by atoms with Gasteiger partial charge < -0.3 is 0 Å². The summed E-state index contributed by atoms with van der Waals surface area (Å²) in [5, 5.41) is 9.08. The molecule has 0 unspecified atom stereocenters. The summed E-state index contributed by atoms with van der Waals surface area (Å²) < 4.78 is 3.24. The summed E-state index contributed by atoms with van der Waals surface area (Å²) in [6, 6.07) is 7.46. The average Bonchev–Trinajstić information content (AvgIpc) is 1.88. The van der Waals surface area contributed by atoms with Gasteiger partial charge in [0.15, 0.2) is 0 Å². The van der Waals surface area contributed by atoms with Gasteiger partial charge in [-0.25, -0.2) is 0 Å². The standard InChI is InChI=1S/C7H4ClIN/c8-6-2-1-3-7(4-6)9-5-10/h1-4H/q+1. The summed E-state index contributed by atoms with van der Waals surface area (Å²) in [5.41, 5.74) is 0. The third-order valence-corrected chi connectivity index (χ3v) is 2.71. The van der Waals surface area contributed by atoms with Crippen LogP contribution in [0.4, 0.5) is 0 Å². The molecule has 0 aromatic heterocycles. The molecular weight excluding hydrogens is 260 g/mol. The Morgan fingerprint density at radius 3 is 2.90 bits per heavy atom. The van der Waals surface area contributed by atoms with Gasteiger partial charge in [-0.2, -0.15) is 0 Å². The van der Waals surface area contributed by atoms with Crippen LogP contribution >= 0.6 is 11.6 Å². The molecule has 0 aliphatic heterocycles. The summed E-state index contributed by atoms with van der Waals surface area (Å²) in [7, 11) is 0. The minimum atomic E-state index is -0.466. The number of halogens is 2. The Balaban J connectivity index is 2.87. The quantitative estimate of drug-likeness (QED) is 0.602. The zero-order chi connectivity index (χ0) is 7.40. The van der Waals surface area contributed by atoms with Gasteiger partial charge in [0.25, 0.3) is 0 Å². The lowest BCUT2D eigenvalue weighted by Crippen LogP contribution is -3.59. The molecule has 3 heteroatoms. The third-order valence-electron chi connectivity index (χ3n) is 0.938. The maximum atomic E-state index is 8.37. The van der Waals surface area contributed by atoms with Gasteiger partial charge in [0.1, 0.15) is 0 Å². The lowest BCUT2D eigenvalue weighted by molar-refractivity contribution is -0.538. The van der Waals surface area contributed by atoms with Gasteiger partial charge in [0.2, 0.25) is 3.57 Å². The number of rotatable bonds is 1. The summed E-state index contributed by atoms with van der Waals surface area (Å²) in [6.07, 6.45) is 0. The predicted molar refractivity (Wildman–Crippen MR) is 35.8 cm³/mol. The third kappa shape index (κ3) is 2.16. The molecule has 0 radical (unpaired) electrons. The van der Waals surface area contributed by atoms with Crippen molar-refractivity contribution in [2.24, 2.45) is 0 Å². The van der Waals surface area contributed by atoms with Crippen molar-refractivity contribution in [3.05, 3.63) is 32.9 Å². The van der Waals surface area contributed by atoms with E-state index in [9.17, 15) is 0 Å². The van der Waals surface area contributed by atoms with Crippen molar-refractivity contribution >= 4 is 11.6 Å². The second-order valence-electron chi connectivity index (χ2n) is 1.62. The van der Waals surface area contributed by atoms with Gasteiger partial charge in [-0.1, -0.05) is 17.7 Å². The summed E-state index contributed by atoms with van der Waals surface area (Å²) in [5.74, 6) is 0. The van der Waals surface area contributed by atoms with Crippen LogP contribution in [0.1, 0.15) is 0 Å². The summed E-state index contributed by atoms with van der Waals surface area (Å²) in [6.45, 7) is 0. The van der Waals surface area contributed by atoms with Crippen LogP contribution in [0.5, 0.6) is 0 Å². The molecule has 0 saturated carbocycles. The van der Waals surface area contributed by atoms with E-state index >= 15 is 0 Å². The highest BCUT2D eigenvalue weighted by Crippen LogP contribution is 2.03. The van der Waals surface area contributed by atoms with Crippen LogP contribution in [0.15, 0.2) is 24.3 Å². The first-order valence-electron chi connectivity index (χ1n) is 2.61.